The summed E-state index contributed by atoms with van der Waals surface area (Å²) in [5.74, 6) is -1.42. The van der Waals surface area contributed by atoms with E-state index in [1.807, 2.05) is 24.3 Å². The molecule has 3 aromatic rings. The fourth-order valence-electron chi connectivity index (χ4n) is 4.59. The van der Waals surface area contributed by atoms with Crippen LogP contribution in [0, 0.1) is 5.92 Å². The summed E-state index contributed by atoms with van der Waals surface area (Å²) in [5.41, 5.74) is 5.05. The lowest BCUT2D eigenvalue weighted by Crippen LogP contribution is -2.48. The molecule has 0 bridgehead atoms. The molecule has 8 heteroatoms. The first-order chi connectivity index (χ1) is 17.0. The van der Waals surface area contributed by atoms with Crippen molar-refractivity contribution < 1.29 is 24.2 Å². The summed E-state index contributed by atoms with van der Waals surface area (Å²) >= 11 is 0. The summed E-state index contributed by atoms with van der Waals surface area (Å²) in [4.78, 5) is 40.7. The van der Waals surface area contributed by atoms with Gasteiger partial charge in [-0.15, -0.1) is 0 Å². The lowest BCUT2D eigenvalue weighted by Gasteiger charge is -2.19. The standard InChI is InChI=1S/C27H25N3O5/c31-25(29-14-18-13-17(26(32)33)11-12-28-18)24(16-9-10-16)30-27(34)35-15-23-21-7-3-1-5-19(21)20-6-2-4-8-22(20)23/h1-8,11-13,16,23-24H,9-10,14-15H2,(H,29,31)(H,30,34)(H,32,33). The smallest absolute Gasteiger partial charge is 0.407 e. The summed E-state index contributed by atoms with van der Waals surface area (Å²) in [5, 5.41) is 14.6. The van der Waals surface area contributed by atoms with Crippen molar-refractivity contribution in [3.63, 3.8) is 0 Å². The average molecular weight is 472 g/mol. The lowest BCUT2D eigenvalue weighted by molar-refractivity contribution is -0.123. The second-order valence-corrected chi connectivity index (χ2v) is 8.84. The number of aromatic nitrogens is 1. The molecule has 8 nitrogen and oxygen atoms in total. The summed E-state index contributed by atoms with van der Waals surface area (Å²) in [6.45, 7) is 0.236. The van der Waals surface area contributed by atoms with Gasteiger partial charge in [-0.25, -0.2) is 9.59 Å². The van der Waals surface area contributed by atoms with Gasteiger partial charge in [-0.05, 0) is 53.1 Å². The van der Waals surface area contributed by atoms with E-state index in [1.54, 1.807) is 0 Å². The van der Waals surface area contributed by atoms with E-state index in [2.05, 4.69) is 39.9 Å². The number of aromatic carboxylic acids is 1. The predicted molar refractivity (Wildman–Crippen MR) is 128 cm³/mol. The Balaban J connectivity index is 1.20. The highest BCUT2D eigenvalue weighted by atomic mass is 16.5. The number of alkyl carbamates (subject to hydrolysis) is 1. The van der Waals surface area contributed by atoms with Crippen LogP contribution in [0.2, 0.25) is 0 Å². The van der Waals surface area contributed by atoms with Crippen LogP contribution in [0.15, 0.2) is 66.9 Å². The number of rotatable bonds is 8. The maximum Gasteiger partial charge on any atom is 0.407 e. The monoisotopic (exact) mass is 471 g/mol. The molecule has 1 unspecified atom stereocenters. The number of hydrogen-bond acceptors (Lipinski definition) is 5. The first-order valence-corrected chi connectivity index (χ1v) is 11.6. The molecule has 178 valence electrons. The van der Waals surface area contributed by atoms with Gasteiger partial charge in [0.15, 0.2) is 0 Å². The molecule has 0 spiro atoms. The Morgan fingerprint density at radius 3 is 2.29 bits per heavy atom. The molecule has 3 N–H and O–H groups in total. The normalized spacial score (nSPS) is 15.0. The third-order valence-electron chi connectivity index (χ3n) is 6.50. The van der Waals surface area contributed by atoms with Crippen LogP contribution < -0.4 is 10.6 Å². The van der Waals surface area contributed by atoms with Gasteiger partial charge in [0.05, 0.1) is 17.8 Å². The molecule has 0 aliphatic heterocycles. The molecule has 5 rings (SSSR count). The van der Waals surface area contributed by atoms with Crippen molar-refractivity contribution in [3.8, 4) is 11.1 Å². The number of amides is 2. The third-order valence-corrected chi connectivity index (χ3v) is 6.50. The van der Waals surface area contributed by atoms with Crippen LogP contribution in [0.3, 0.4) is 0 Å². The molecule has 2 aliphatic rings. The van der Waals surface area contributed by atoms with Gasteiger partial charge in [0.1, 0.15) is 12.6 Å². The third kappa shape index (κ3) is 4.87. The number of fused-ring (bicyclic) bond motifs is 3. The van der Waals surface area contributed by atoms with E-state index >= 15 is 0 Å². The molecule has 1 atom stereocenters. The van der Waals surface area contributed by atoms with Crippen LogP contribution >= 0.6 is 0 Å². The van der Waals surface area contributed by atoms with Crippen LogP contribution in [-0.2, 0) is 16.1 Å². The molecule has 1 aromatic heterocycles. The Hall–Kier alpha value is -4.20. The van der Waals surface area contributed by atoms with Crippen molar-refractivity contribution in [2.24, 2.45) is 5.92 Å². The number of carboxylic acids is 1. The highest BCUT2D eigenvalue weighted by Gasteiger charge is 2.38. The molecule has 1 fully saturated rings. The molecular formula is C27H25N3O5. The van der Waals surface area contributed by atoms with Crippen LogP contribution in [0.1, 0.15) is 45.9 Å². The number of carbonyl (C=O) groups excluding carboxylic acids is 2. The van der Waals surface area contributed by atoms with E-state index in [0.717, 1.165) is 35.1 Å². The second-order valence-electron chi connectivity index (χ2n) is 8.84. The van der Waals surface area contributed by atoms with Crippen LogP contribution in [0.4, 0.5) is 4.79 Å². The summed E-state index contributed by atoms with van der Waals surface area (Å²) < 4.78 is 5.60. The number of pyridine rings is 1. The Bertz CT molecular complexity index is 1240. The van der Waals surface area contributed by atoms with Gasteiger partial charge in [-0.3, -0.25) is 9.78 Å². The minimum absolute atomic E-state index is 0.0498. The number of benzene rings is 2. The largest absolute Gasteiger partial charge is 0.478 e. The second kappa shape index (κ2) is 9.58. The first-order valence-electron chi connectivity index (χ1n) is 11.6. The van der Waals surface area contributed by atoms with Crippen molar-refractivity contribution >= 4 is 18.0 Å². The fraction of sp³-hybridized carbons (Fsp3) is 0.259. The number of carbonyl (C=O) groups is 3. The highest BCUT2D eigenvalue weighted by molar-refractivity contribution is 5.88. The molecule has 2 amide bonds. The number of carboxylic acid groups (broad SMARTS) is 1. The van der Waals surface area contributed by atoms with Gasteiger partial charge in [0, 0.05) is 12.1 Å². The fourth-order valence-corrected chi connectivity index (χ4v) is 4.59. The Morgan fingerprint density at radius 2 is 1.66 bits per heavy atom. The van der Waals surface area contributed by atoms with Crippen molar-refractivity contribution in [1.29, 1.82) is 0 Å². The SMILES string of the molecule is O=C(NC(C(=O)NCc1cc(C(=O)O)ccn1)C1CC1)OCC1c2ccccc2-c2ccccc21. The number of hydrogen-bond donors (Lipinski definition) is 3. The van der Waals surface area contributed by atoms with Crippen LogP contribution in [0.25, 0.3) is 11.1 Å². The summed E-state index contributed by atoms with van der Waals surface area (Å²) in [6.07, 6.45) is 2.44. The van der Waals surface area contributed by atoms with Crippen LogP contribution in [-0.4, -0.2) is 40.7 Å². The topological polar surface area (TPSA) is 118 Å². The maximum absolute atomic E-state index is 12.8. The Kier molecular flexibility index (Phi) is 6.18. The summed E-state index contributed by atoms with van der Waals surface area (Å²) in [7, 11) is 0. The van der Waals surface area contributed by atoms with E-state index in [4.69, 9.17) is 9.84 Å². The Morgan fingerprint density at radius 1 is 1.00 bits per heavy atom. The van der Waals surface area contributed by atoms with Gasteiger partial charge in [-0.2, -0.15) is 0 Å². The van der Waals surface area contributed by atoms with Gasteiger partial charge < -0.3 is 20.5 Å². The molecule has 2 aliphatic carbocycles. The van der Waals surface area contributed by atoms with Gasteiger partial charge >= 0.3 is 12.1 Å². The van der Waals surface area contributed by atoms with E-state index < -0.39 is 18.1 Å². The predicted octanol–water partition coefficient (Wildman–Crippen LogP) is 3.71. The van der Waals surface area contributed by atoms with Crippen molar-refractivity contribution in [3.05, 3.63) is 89.2 Å². The number of nitrogens with one attached hydrogen (secondary N) is 2. The van der Waals surface area contributed by atoms with Crippen LogP contribution in [0.5, 0.6) is 0 Å². The molecule has 2 aromatic carbocycles. The van der Waals surface area contributed by atoms with E-state index in [1.165, 1.54) is 18.3 Å². The minimum atomic E-state index is -1.06. The zero-order valence-corrected chi connectivity index (χ0v) is 18.9. The molecule has 0 saturated heterocycles. The molecule has 1 heterocycles. The number of nitrogens with zero attached hydrogens (tertiary/aromatic N) is 1. The highest BCUT2D eigenvalue weighted by Crippen LogP contribution is 2.44. The zero-order chi connectivity index (χ0) is 24.4. The Labute approximate surface area is 202 Å². The minimum Gasteiger partial charge on any atom is -0.478 e. The van der Waals surface area contributed by atoms with E-state index in [9.17, 15) is 14.4 Å². The van der Waals surface area contributed by atoms with Gasteiger partial charge in [0.25, 0.3) is 0 Å². The maximum atomic E-state index is 12.8. The van der Waals surface area contributed by atoms with E-state index in [-0.39, 0.29) is 36.5 Å². The molecule has 1 saturated carbocycles. The van der Waals surface area contributed by atoms with Gasteiger partial charge in [0.2, 0.25) is 5.91 Å². The lowest BCUT2D eigenvalue weighted by atomic mass is 9.98. The summed E-state index contributed by atoms with van der Waals surface area (Å²) in [6, 6.07) is 18.3. The van der Waals surface area contributed by atoms with E-state index in [0.29, 0.717) is 5.69 Å². The first kappa shape index (κ1) is 22.6. The molecular weight excluding hydrogens is 446 g/mol. The van der Waals surface area contributed by atoms with Crippen molar-refractivity contribution in [1.82, 2.24) is 15.6 Å². The van der Waals surface area contributed by atoms with Crippen molar-refractivity contribution in [2.45, 2.75) is 31.3 Å². The van der Waals surface area contributed by atoms with Crippen molar-refractivity contribution in [2.75, 3.05) is 6.61 Å². The molecule has 0 radical (unpaired) electrons. The average Bonchev–Trinajstić information content (AvgIpc) is 3.67. The zero-order valence-electron chi connectivity index (χ0n) is 18.9. The number of ether oxygens (including phenoxy) is 1. The van der Waals surface area contributed by atoms with Gasteiger partial charge in [-0.1, -0.05) is 48.5 Å². The quantitative estimate of drug-likeness (QED) is 0.461. The molecule has 35 heavy (non-hydrogen) atoms.